The van der Waals surface area contributed by atoms with Gasteiger partial charge in [-0.1, -0.05) is 62.4 Å². The van der Waals surface area contributed by atoms with Crippen LogP contribution in [-0.4, -0.2) is 23.3 Å². The molecule has 5 heteroatoms. The fraction of sp³-hybridized carbons (Fsp3) is 0.194. The van der Waals surface area contributed by atoms with Gasteiger partial charge in [0.25, 0.3) is 5.91 Å². The van der Waals surface area contributed by atoms with Crippen molar-refractivity contribution in [3.05, 3.63) is 114 Å². The Hall–Kier alpha value is -4.25. The molecule has 0 radical (unpaired) electrons. The van der Waals surface area contributed by atoms with E-state index in [-0.39, 0.29) is 18.2 Å². The molecule has 0 aliphatic carbocycles. The summed E-state index contributed by atoms with van der Waals surface area (Å²) in [4.78, 5) is 32.2. The number of nitrogens with zero attached hydrogens (tertiary/aromatic N) is 2. The van der Waals surface area contributed by atoms with Gasteiger partial charge in [-0.3, -0.25) is 14.6 Å². The lowest BCUT2D eigenvalue weighted by molar-refractivity contribution is -0.117. The number of carbonyl (C=O) groups excluding carboxylic acids is 2. The first kappa shape index (κ1) is 23.5. The smallest absolute Gasteiger partial charge is 0.256 e. The Labute approximate surface area is 211 Å². The number of aromatic nitrogens is 1. The van der Waals surface area contributed by atoms with Crippen molar-refractivity contribution in [2.24, 2.45) is 0 Å². The fourth-order valence-corrected chi connectivity index (χ4v) is 4.67. The summed E-state index contributed by atoms with van der Waals surface area (Å²) in [5, 5.41) is 3.06. The van der Waals surface area contributed by atoms with Crippen molar-refractivity contribution in [3.63, 3.8) is 0 Å². The molecule has 2 amide bonds. The zero-order valence-electron chi connectivity index (χ0n) is 20.6. The van der Waals surface area contributed by atoms with Crippen LogP contribution >= 0.6 is 0 Å². The number of amides is 2. The van der Waals surface area contributed by atoms with Gasteiger partial charge in [0.2, 0.25) is 5.91 Å². The molecule has 0 unspecified atom stereocenters. The lowest BCUT2D eigenvalue weighted by atomic mass is 9.95. The quantitative estimate of drug-likeness (QED) is 0.358. The second-order valence-corrected chi connectivity index (χ2v) is 9.41. The number of pyridine rings is 1. The van der Waals surface area contributed by atoms with Gasteiger partial charge in [0, 0.05) is 35.4 Å². The van der Waals surface area contributed by atoms with Gasteiger partial charge in [-0.25, -0.2) is 0 Å². The van der Waals surface area contributed by atoms with E-state index in [1.807, 2.05) is 65.6 Å². The Balaban J connectivity index is 1.32. The second kappa shape index (κ2) is 10.2. The molecular weight excluding hydrogens is 446 g/mol. The second-order valence-electron chi connectivity index (χ2n) is 9.41. The molecule has 0 saturated heterocycles. The first-order valence-corrected chi connectivity index (χ1v) is 12.3. The summed E-state index contributed by atoms with van der Waals surface area (Å²) in [7, 11) is 0. The SMILES string of the molecule is CC(C)c1ccc(-c2ccccc2C(=O)Nc2ccc3c(c2)CCN3C(=O)Cc2ccccn2)cc1. The number of hydrogen-bond donors (Lipinski definition) is 1. The van der Waals surface area contributed by atoms with Gasteiger partial charge >= 0.3 is 0 Å². The highest BCUT2D eigenvalue weighted by atomic mass is 16.2. The van der Waals surface area contributed by atoms with Gasteiger partial charge in [-0.05, 0) is 71.0 Å². The van der Waals surface area contributed by atoms with Crippen LogP contribution in [-0.2, 0) is 17.6 Å². The first-order valence-electron chi connectivity index (χ1n) is 12.3. The third-order valence-electron chi connectivity index (χ3n) is 6.65. The van der Waals surface area contributed by atoms with Crippen LogP contribution in [0.25, 0.3) is 11.1 Å². The van der Waals surface area contributed by atoms with Crippen molar-refractivity contribution >= 4 is 23.2 Å². The molecule has 5 nitrogen and oxygen atoms in total. The summed E-state index contributed by atoms with van der Waals surface area (Å²) in [6, 6.07) is 27.4. The van der Waals surface area contributed by atoms with Gasteiger partial charge in [0.05, 0.1) is 6.42 Å². The fourth-order valence-electron chi connectivity index (χ4n) is 4.67. The largest absolute Gasteiger partial charge is 0.322 e. The van der Waals surface area contributed by atoms with Crippen LogP contribution in [0.15, 0.2) is 91.1 Å². The van der Waals surface area contributed by atoms with Gasteiger partial charge in [0.15, 0.2) is 0 Å². The number of rotatable bonds is 6. The standard InChI is InChI=1S/C31H29N3O2/c1-21(2)22-10-12-23(13-11-22)27-8-3-4-9-28(27)31(36)33-26-14-15-29-24(19-26)16-18-34(29)30(35)20-25-7-5-6-17-32-25/h3-15,17,19,21H,16,18,20H2,1-2H3,(H,33,36). The highest BCUT2D eigenvalue weighted by molar-refractivity contribution is 6.09. The molecule has 0 bridgehead atoms. The summed E-state index contributed by atoms with van der Waals surface area (Å²) in [6.07, 6.45) is 2.73. The van der Waals surface area contributed by atoms with Crippen molar-refractivity contribution < 1.29 is 9.59 Å². The van der Waals surface area contributed by atoms with E-state index in [0.29, 0.717) is 18.0 Å². The normalized spacial score (nSPS) is 12.5. The summed E-state index contributed by atoms with van der Waals surface area (Å²) < 4.78 is 0. The van der Waals surface area contributed by atoms with E-state index in [1.165, 1.54) is 5.56 Å². The molecule has 2 heterocycles. The maximum atomic E-state index is 13.3. The van der Waals surface area contributed by atoms with Crippen LogP contribution in [0.4, 0.5) is 11.4 Å². The van der Waals surface area contributed by atoms with Crippen LogP contribution in [0, 0.1) is 0 Å². The van der Waals surface area contributed by atoms with Crippen molar-refractivity contribution in [2.75, 3.05) is 16.8 Å². The monoisotopic (exact) mass is 475 g/mol. The summed E-state index contributed by atoms with van der Waals surface area (Å²) >= 11 is 0. The summed E-state index contributed by atoms with van der Waals surface area (Å²) in [5.74, 6) is 0.333. The van der Waals surface area contributed by atoms with Crippen molar-refractivity contribution in [2.45, 2.75) is 32.6 Å². The van der Waals surface area contributed by atoms with Crippen LogP contribution < -0.4 is 10.2 Å². The Morgan fingerprint density at radius 1 is 0.944 bits per heavy atom. The first-order chi connectivity index (χ1) is 17.5. The average molecular weight is 476 g/mol. The molecule has 0 fully saturated rings. The zero-order valence-corrected chi connectivity index (χ0v) is 20.6. The van der Waals surface area contributed by atoms with Crippen molar-refractivity contribution in [3.8, 4) is 11.1 Å². The molecular formula is C31H29N3O2. The Kier molecular flexibility index (Phi) is 6.63. The minimum Gasteiger partial charge on any atom is -0.322 e. The van der Waals surface area contributed by atoms with Crippen LogP contribution in [0.1, 0.15) is 46.9 Å². The molecule has 1 aromatic heterocycles. The van der Waals surface area contributed by atoms with Crippen LogP contribution in [0.2, 0.25) is 0 Å². The maximum Gasteiger partial charge on any atom is 0.256 e. The molecule has 4 aromatic rings. The molecule has 0 saturated carbocycles. The van der Waals surface area contributed by atoms with E-state index >= 15 is 0 Å². The van der Waals surface area contributed by atoms with Crippen molar-refractivity contribution in [1.82, 2.24) is 4.98 Å². The Bertz CT molecular complexity index is 1400. The van der Waals surface area contributed by atoms with Gasteiger partial charge in [0.1, 0.15) is 0 Å². The van der Waals surface area contributed by atoms with E-state index in [4.69, 9.17) is 0 Å². The number of benzene rings is 3. The Morgan fingerprint density at radius 2 is 1.72 bits per heavy atom. The molecule has 0 spiro atoms. The third kappa shape index (κ3) is 4.91. The summed E-state index contributed by atoms with van der Waals surface area (Å²) in [5.41, 5.74) is 7.26. The number of hydrogen-bond acceptors (Lipinski definition) is 3. The molecule has 5 rings (SSSR count). The van der Waals surface area contributed by atoms with Gasteiger partial charge < -0.3 is 10.2 Å². The maximum absolute atomic E-state index is 13.3. The zero-order chi connectivity index (χ0) is 25.1. The average Bonchev–Trinajstić information content (AvgIpc) is 3.33. The van der Waals surface area contributed by atoms with E-state index in [9.17, 15) is 9.59 Å². The number of anilines is 2. The lowest BCUT2D eigenvalue weighted by Crippen LogP contribution is -2.30. The molecule has 180 valence electrons. The van der Waals surface area contributed by atoms with E-state index in [1.54, 1.807) is 6.20 Å². The van der Waals surface area contributed by atoms with E-state index in [0.717, 1.165) is 40.2 Å². The molecule has 1 N–H and O–H groups in total. The Morgan fingerprint density at radius 3 is 2.47 bits per heavy atom. The molecule has 3 aromatic carbocycles. The topological polar surface area (TPSA) is 62.3 Å². The molecule has 1 aliphatic heterocycles. The van der Waals surface area contributed by atoms with Crippen molar-refractivity contribution in [1.29, 1.82) is 0 Å². The van der Waals surface area contributed by atoms with Gasteiger partial charge in [-0.15, -0.1) is 0 Å². The van der Waals surface area contributed by atoms with E-state index < -0.39 is 0 Å². The minimum atomic E-state index is -0.153. The number of fused-ring (bicyclic) bond motifs is 1. The number of nitrogens with one attached hydrogen (secondary N) is 1. The van der Waals surface area contributed by atoms with Crippen LogP contribution in [0.5, 0.6) is 0 Å². The summed E-state index contributed by atoms with van der Waals surface area (Å²) in [6.45, 7) is 4.97. The molecule has 0 atom stereocenters. The van der Waals surface area contributed by atoms with E-state index in [2.05, 4.69) is 48.4 Å². The van der Waals surface area contributed by atoms with Gasteiger partial charge in [-0.2, -0.15) is 0 Å². The molecule has 36 heavy (non-hydrogen) atoms. The highest BCUT2D eigenvalue weighted by Crippen LogP contribution is 2.32. The lowest BCUT2D eigenvalue weighted by Gasteiger charge is -2.17. The third-order valence-corrected chi connectivity index (χ3v) is 6.65. The highest BCUT2D eigenvalue weighted by Gasteiger charge is 2.25. The minimum absolute atomic E-state index is 0.0293. The predicted octanol–water partition coefficient (Wildman–Crippen LogP) is 6.26. The predicted molar refractivity (Wildman–Crippen MR) is 144 cm³/mol. The molecule has 1 aliphatic rings. The van der Waals surface area contributed by atoms with Crippen LogP contribution in [0.3, 0.4) is 0 Å². The number of carbonyl (C=O) groups is 2.